The van der Waals surface area contributed by atoms with E-state index in [4.69, 9.17) is 0 Å². The van der Waals surface area contributed by atoms with E-state index in [0.717, 1.165) is 6.42 Å². The molecule has 2 unspecified atom stereocenters. The molecule has 1 heterocycles. The lowest BCUT2D eigenvalue weighted by Crippen LogP contribution is -2.71. The molecule has 1 saturated heterocycles. The molecule has 4 heteroatoms. The number of rotatable bonds is 4. The molecule has 1 aliphatic heterocycles. The molecule has 0 bridgehead atoms. The lowest BCUT2D eigenvalue weighted by atomic mass is 9.87. The highest BCUT2D eigenvalue weighted by Gasteiger charge is 2.48. The summed E-state index contributed by atoms with van der Waals surface area (Å²) >= 11 is 0. The largest absolute Gasteiger partial charge is 0.340 e. The third kappa shape index (κ3) is 2.93. The molecule has 19 heavy (non-hydrogen) atoms. The fourth-order valence-electron chi connectivity index (χ4n) is 2.98. The average Bonchev–Trinajstić information content (AvgIpc) is 2.24. The third-order valence-electron chi connectivity index (χ3n) is 3.95. The maximum atomic E-state index is 12.7. The van der Waals surface area contributed by atoms with Gasteiger partial charge in [0.25, 0.3) is 0 Å². The van der Waals surface area contributed by atoms with Crippen LogP contribution in [0.4, 0.5) is 0 Å². The van der Waals surface area contributed by atoms with Crippen LogP contribution in [0.25, 0.3) is 0 Å². The van der Waals surface area contributed by atoms with Crippen molar-refractivity contribution in [3.8, 4) is 0 Å². The molecule has 4 nitrogen and oxygen atoms in total. The van der Waals surface area contributed by atoms with Gasteiger partial charge >= 0.3 is 0 Å². The highest BCUT2D eigenvalue weighted by Crippen LogP contribution is 2.28. The minimum atomic E-state index is -0.801. The molecule has 0 aromatic heterocycles. The minimum absolute atomic E-state index is 0.0290. The highest BCUT2D eigenvalue weighted by atomic mass is 16.2. The predicted octanol–water partition coefficient (Wildman–Crippen LogP) is 2.18. The topological polar surface area (TPSA) is 49.4 Å². The Morgan fingerprint density at radius 3 is 2.11 bits per heavy atom. The molecular weight excluding hydrogens is 240 g/mol. The molecule has 1 N–H and O–H groups in total. The zero-order chi connectivity index (χ0) is 15.0. The summed E-state index contributed by atoms with van der Waals surface area (Å²) in [4.78, 5) is 26.9. The smallest absolute Gasteiger partial charge is 0.248 e. The van der Waals surface area contributed by atoms with Crippen molar-refractivity contribution in [2.24, 2.45) is 11.8 Å². The fraction of sp³-hybridized carbons (Fsp3) is 0.867. The molecule has 110 valence electrons. The van der Waals surface area contributed by atoms with Crippen LogP contribution in [0.5, 0.6) is 0 Å². The van der Waals surface area contributed by atoms with E-state index in [1.165, 1.54) is 0 Å². The first-order chi connectivity index (χ1) is 8.63. The number of hydrogen-bond acceptors (Lipinski definition) is 2. The van der Waals surface area contributed by atoms with Gasteiger partial charge in [0.1, 0.15) is 11.6 Å². The van der Waals surface area contributed by atoms with Gasteiger partial charge in [-0.3, -0.25) is 9.59 Å². The van der Waals surface area contributed by atoms with Gasteiger partial charge in [-0.2, -0.15) is 0 Å². The molecule has 0 radical (unpaired) electrons. The van der Waals surface area contributed by atoms with Gasteiger partial charge in [0.15, 0.2) is 0 Å². The molecule has 0 aromatic rings. The second-order valence-corrected chi connectivity index (χ2v) is 6.74. The van der Waals surface area contributed by atoms with Crippen LogP contribution in [0.1, 0.15) is 54.9 Å². The predicted molar refractivity (Wildman–Crippen MR) is 76.6 cm³/mol. The van der Waals surface area contributed by atoms with Gasteiger partial charge in [-0.15, -0.1) is 0 Å². The van der Waals surface area contributed by atoms with E-state index in [1.807, 2.05) is 18.7 Å². The van der Waals surface area contributed by atoms with E-state index in [9.17, 15) is 9.59 Å². The number of nitrogens with one attached hydrogen (secondary N) is 1. The first kappa shape index (κ1) is 16.0. The van der Waals surface area contributed by atoms with E-state index < -0.39 is 5.54 Å². The minimum Gasteiger partial charge on any atom is -0.340 e. The van der Waals surface area contributed by atoms with Crippen LogP contribution in [0.2, 0.25) is 0 Å². The van der Waals surface area contributed by atoms with Crippen molar-refractivity contribution < 1.29 is 9.59 Å². The Morgan fingerprint density at radius 1 is 1.21 bits per heavy atom. The molecule has 0 saturated carbocycles. The SMILES string of the molecule is CCC(C(C)C)N1C(=O)C(C)(C)NC(=O)C1C(C)C. The number of hydrogen-bond donors (Lipinski definition) is 1. The van der Waals surface area contributed by atoms with Crippen molar-refractivity contribution in [2.75, 3.05) is 0 Å². The van der Waals surface area contributed by atoms with Crippen LogP contribution in [0.15, 0.2) is 0 Å². The fourth-order valence-corrected chi connectivity index (χ4v) is 2.98. The summed E-state index contributed by atoms with van der Waals surface area (Å²) in [6.07, 6.45) is 0.871. The zero-order valence-corrected chi connectivity index (χ0v) is 13.3. The summed E-state index contributed by atoms with van der Waals surface area (Å²) in [7, 11) is 0. The first-order valence-corrected chi connectivity index (χ1v) is 7.28. The second-order valence-electron chi connectivity index (χ2n) is 6.74. The second kappa shape index (κ2) is 5.51. The summed E-state index contributed by atoms with van der Waals surface area (Å²) in [6.45, 7) is 13.9. The van der Waals surface area contributed by atoms with Crippen molar-refractivity contribution in [2.45, 2.75) is 72.5 Å². The van der Waals surface area contributed by atoms with Crippen molar-refractivity contribution in [1.82, 2.24) is 10.2 Å². The van der Waals surface area contributed by atoms with Crippen molar-refractivity contribution >= 4 is 11.8 Å². The molecule has 1 fully saturated rings. The Hall–Kier alpha value is -1.06. The molecule has 0 aliphatic carbocycles. The number of piperazine rings is 1. The summed E-state index contributed by atoms with van der Waals surface area (Å²) < 4.78 is 0. The maximum Gasteiger partial charge on any atom is 0.248 e. The third-order valence-corrected chi connectivity index (χ3v) is 3.95. The van der Waals surface area contributed by atoms with Gasteiger partial charge < -0.3 is 10.2 Å². The Balaban J connectivity index is 3.23. The van der Waals surface area contributed by atoms with Crippen molar-refractivity contribution in [1.29, 1.82) is 0 Å². The van der Waals surface area contributed by atoms with E-state index in [1.54, 1.807) is 13.8 Å². The van der Waals surface area contributed by atoms with Crippen LogP contribution in [0, 0.1) is 11.8 Å². The van der Waals surface area contributed by atoms with E-state index in [2.05, 4.69) is 26.1 Å². The van der Waals surface area contributed by atoms with E-state index >= 15 is 0 Å². The Labute approximate surface area is 116 Å². The summed E-state index contributed by atoms with van der Waals surface area (Å²) in [6, 6.07) is -0.238. The highest BCUT2D eigenvalue weighted by molar-refractivity contribution is 5.99. The van der Waals surface area contributed by atoms with E-state index in [0.29, 0.717) is 5.92 Å². The van der Waals surface area contributed by atoms with Gasteiger partial charge in [0.2, 0.25) is 11.8 Å². The summed E-state index contributed by atoms with van der Waals surface area (Å²) in [5, 5.41) is 2.85. The summed E-state index contributed by atoms with van der Waals surface area (Å²) in [5.41, 5.74) is -0.801. The van der Waals surface area contributed by atoms with E-state index in [-0.39, 0.29) is 29.8 Å². The Kier molecular flexibility index (Phi) is 4.64. The molecule has 1 rings (SSSR count). The molecule has 2 atom stereocenters. The van der Waals surface area contributed by atoms with Gasteiger partial charge in [-0.1, -0.05) is 34.6 Å². The molecule has 0 spiro atoms. The van der Waals surface area contributed by atoms with Crippen molar-refractivity contribution in [3.05, 3.63) is 0 Å². The molecule has 2 amide bonds. The van der Waals surface area contributed by atoms with Crippen molar-refractivity contribution in [3.63, 3.8) is 0 Å². The lowest BCUT2D eigenvalue weighted by Gasteiger charge is -2.48. The normalized spacial score (nSPS) is 24.9. The average molecular weight is 268 g/mol. The van der Waals surface area contributed by atoms with Gasteiger partial charge in [-0.05, 0) is 32.1 Å². The van der Waals surface area contributed by atoms with Crippen LogP contribution in [-0.2, 0) is 9.59 Å². The van der Waals surface area contributed by atoms with Crippen LogP contribution < -0.4 is 5.32 Å². The summed E-state index contributed by atoms with van der Waals surface area (Å²) in [5.74, 6) is 0.467. The number of amides is 2. The van der Waals surface area contributed by atoms with Gasteiger partial charge in [0, 0.05) is 6.04 Å². The van der Waals surface area contributed by atoms with Gasteiger partial charge in [-0.25, -0.2) is 0 Å². The number of nitrogens with zero attached hydrogens (tertiary/aromatic N) is 1. The standard InChI is InChI=1S/C15H28N2O2/c1-8-11(9(2)3)17-12(10(4)5)13(18)16-15(6,7)14(17)19/h9-12H,8H2,1-7H3,(H,16,18). The maximum absolute atomic E-state index is 12.7. The Morgan fingerprint density at radius 2 is 1.74 bits per heavy atom. The number of carbonyl (C=O) groups excluding carboxylic acids is 2. The monoisotopic (exact) mass is 268 g/mol. The van der Waals surface area contributed by atoms with Crippen LogP contribution in [0.3, 0.4) is 0 Å². The Bertz CT molecular complexity index is 361. The zero-order valence-electron chi connectivity index (χ0n) is 13.3. The van der Waals surface area contributed by atoms with Crippen LogP contribution in [-0.4, -0.2) is 34.3 Å². The van der Waals surface area contributed by atoms with Gasteiger partial charge in [0.05, 0.1) is 0 Å². The molecule has 1 aliphatic rings. The first-order valence-electron chi connectivity index (χ1n) is 7.28. The van der Waals surface area contributed by atoms with Crippen LogP contribution >= 0.6 is 0 Å². The molecular formula is C15H28N2O2. The molecule has 0 aromatic carbocycles. The quantitative estimate of drug-likeness (QED) is 0.849. The number of carbonyl (C=O) groups is 2. The lowest BCUT2D eigenvalue weighted by molar-refractivity contribution is -0.159.